The second-order valence-electron chi connectivity index (χ2n) is 7.15. The summed E-state index contributed by atoms with van der Waals surface area (Å²) in [6.45, 7) is 5.63. The van der Waals surface area contributed by atoms with Crippen molar-refractivity contribution in [2.75, 3.05) is 18.5 Å². The molecule has 6 nitrogen and oxygen atoms in total. The molecule has 1 aromatic carbocycles. The van der Waals surface area contributed by atoms with Gasteiger partial charge < -0.3 is 15.0 Å². The Hall–Kier alpha value is -2.12. The van der Waals surface area contributed by atoms with Gasteiger partial charge in [-0.25, -0.2) is 4.98 Å². The van der Waals surface area contributed by atoms with Crippen molar-refractivity contribution in [3.63, 3.8) is 0 Å². The SMILES string of the molecule is CC(C)CC(=O)N1CCc2nc(NC(=O)CCOc3ccc(Cl)cc3)sc2C1. The van der Waals surface area contributed by atoms with Gasteiger partial charge in [-0.3, -0.25) is 9.59 Å². The maximum atomic E-state index is 12.3. The van der Waals surface area contributed by atoms with E-state index in [1.807, 2.05) is 18.7 Å². The van der Waals surface area contributed by atoms with Gasteiger partial charge in [-0.2, -0.15) is 0 Å². The standard InChI is InChI=1S/C20H24ClN3O3S/c1-13(2)11-19(26)24-9-7-16-17(12-24)28-20(22-16)23-18(25)8-10-27-15-5-3-14(21)4-6-15/h3-6,13H,7-12H2,1-2H3,(H,22,23,25). The van der Waals surface area contributed by atoms with Crippen LogP contribution in [0.4, 0.5) is 5.13 Å². The third-order valence-corrected chi connectivity index (χ3v) is 5.57. The topological polar surface area (TPSA) is 71.5 Å². The Morgan fingerprint density at radius 2 is 2.07 bits per heavy atom. The average molecular weight is 422 g/mol. The summed E-state index contributed by atoms with van der Waals surface area (Å²) in [7, 11) is 0. The number of nitrogens with zero attached hydrogens (tertiary/aromatic N) is 2. The molecule has 0 aliphatic carbocycles. The first-order valence-electron chi connectivity index (χ1n) is 9.35. The predicted molar refractivity (Wildman–Crippen MR) is 111 cm³/mol. The molecule has 150 valence electrons. The van der Waals surface area contributed by atoms with Gasteiger partial charge in [0.05, 0.1) is 25.3 Å². The van der Waals surface area contributed by atoms with E-state index in [-0.39, 0.29) is 24.8 Å². The lowest BCUT2D eigenvalue weighted by molar-refractivity contribution is -0.132. The van der Waals surface area contributed by atoms with Crippen LogP contribution in [0.5, 0.6) is 5.75 Å². The monoisotopic (exact) mass is 421 g/mol. The van der Waals surface area contributed by atoms with Crippen molar-refractivity contribution in [3.05, 3.63) is 39.9 Å². The first kappa shape index (κ1) is 20.6. The fourth-order valence-corrected chi connectivity index (χ4v) is 4.08. The third-order valence-electron chi connectivity index (χ3n) is 4.32. The van der Waals surface area contributed by atoms with Crippen LogP contribution in [-0.2, 0) is 22.6 Å². The van der Waals surface area contributed by atoms with Gasteiger partial charge in [-0.05, 0) is 30.2 Å². The Balaban J connectivity index is 1.48. The molecule has 0 radical (unpaired) electrons. The van der Waals surface area contributed by atoms with Crippen molar-refractivity contribution in [1.82, 2.24) is 9.88 Å². The number of carbonyl (C=O) groups excluding carboxylic acids is 2. The van der Waals surface area contributed by atoms with Gasteiger partial charge in [0.25, 0.3) is 0 Å². The molecular weight excluding hydrogens is 398 g/mol. The molecule has 0 atom stereocenters. The maximum Gasteiger partial charge on any atom is 0.229 e. The molecule has 0 bridgehead atoms. The molecule has 2 amide bonds. The lowest BCUT2D eigenvalue weighted by Gasteiger charge is -2.26. The molecule has 1 aliphatic heterocycles. The number of amides is 2. The molecule has 1 aromatic heterocycles. The highest BCUT2D eigenvalue weighted by molar-refractivity contribution is 7.15. The van der Waals surface area contributed by atoms with Crippen LogP contribution in [0, 0.1) is 5.92 Å². The van der Waals surface area contributed by atoms with Crippen molar-refractivity contribution in [2.24, 2.45) is 5.92 Å². The first-order valence-corrected chi connectivity index (χ1v) is 10.5. The van der Waals surface area contributed by atoms with E-state index >= 15 is 0 Å². The van der Waals surface area contributed by atoms with Crippen LogP contribution in [0.1, 0.15) is 37.3 Å². The molecule has 0 unspecified atom stereocenters. The Bertz CT molecular complexity index is 836. The molecule has 0 spiro atoms. The Morgan fingerprint density at radius 3 is 2.79 bits per heavy atom. The van der Waals surface area contributed by atoms with Crippen LogP contribution in [-0.4, -0.2) is 34.8 Å². The number of nitrogens with one attached hydrogen (secondary N) is 1. The van der Waals surface area contributed by atoms with Gasteiger partial charge in [0.15, 0.2) is 5.13 Å². The van der Waals surface area contributed by atoms with E-state index in [1.165, 1.54) is 11.3 Å². The number of fused-ring (bicyclic) bond motifs is 1. The molecule has 2 aromatic rings. The number of rotatable bonds is 7. The Kier molecular flexibility index (Phi) is 6.91. The van der Waals surface area contributed by atoms with Crippen LogP contribution in [0.25, 0.3) is 0 Å². The van der Waals surface area contributed by atoms with E-state index in [1.54, 1.807) is 24.3 Å². The highest BCUT2D eigenvalue weighted by Gasteiger charge is 2.24. The zero-order valence-corrected chi connectivity index (χ0v) is 17.6. The maximum absolute atomic E-state index is 12.3. The largest absolute Gasteiger partial charge is 0.493 e. The molecule has 0 saturated carbocycles. The number of hydrogen-bond acceptors (Lipinski definition) is 5. The van der Waals surface area contributed by atoms with Gasteiger partial charge in [-0.15, -0.1) is 0 Å². The number of thiazole rings is 1. The number of anilines is 1. The van der Waals surface area contributed by atoms with Crippen molar-refractivity contribution < 1.29 is 14.3 Å². The fraction of sp³-hybridized carbons (Fsp3) is 0.450. The summed E-state index contributed by atoms with van der Waals surface area (Å²) >= 11 is 7.27. The van der Waals surface area contributed by atoms with Crippen molar-refractivity contribution >= 4 is 39.9 Å². The molecular formula is C20H24ClN3O3S. The van der Waals surface area contributed by atoms with E-state index in [4.69, 9.17) is 16.3 Å². The van der Waals surface area contributed by atoms with Crippen LogP contribution in [0.15, 0.2) is 24.3 Å². The lowest BCUT2D eigenvalue weighted by Crippen LogP contribution is -2.36. The summed E-state index contributed by atoms with van der Waals surface area (Å²) in [6, 6.07) is 7.02. The highest BCUT2D eigenvalue weighted by atomic mass is 35.5. The van der Waals surface area contributed by atoms with Crippen LogP contribution in [0.3, 0.4) is 0 Å². The minimum Gasteiger partial charge on any atom is -0.493 e. The predicted octanol–water partition coefficient (Wildman–Crippen LogP) is 4.13. The summed E-state index contributed by atoms with van der Waals surface area (Å²) in [5.74, 6) is 1.06. The molecule has 0 saturated heterocycles. The van der Waals surface area contributed by atoms with E-state index in [9.17, 15) is 9.59 Å². The van der Waals surface area contributed by atoms with Gasteiger partial charge in [0.2, 0.25) is 11.8 Å². The lowest BCUT2D eigenvalue weighted by atomic mass is 10.1. The van der Waals surface area contributed by atoms with Gasteiger partial charge in [-0.1, -0.05) is 36.8 Å². The van der Waals surface area contributed by atoms with Crippen molar-refractivity contribution in [2.45, 2.75) is 39.7 Å². The zero-order chi connectivity index (χ0) is 20.1. The second kappa shape index (κ2) is 9.39. The summed E-state index contributed by atoms with van der Waals surface area (Å²) in [4.78, 5) is 31.9. The minimum absolute atomic E-state index is 0.146. The molecule has 2 heterocycles. The molecule has 8 heteroatoms. The molecule has 28 heavy (non-hydrogen) atoms. The third kappa shape index (κ3) is 5.69. The second-order valence-corrected chi connectivity index (χ2v) is 8.67. The summed E-state index contributed by atoms with van der Waals surface area (Å²) < 4.78 is 5.54. The van der Waals surface area contributed by atoms with Crippen LogP contribution < -0.4 is 10.1 Å². The number of benzene rings is 1. The van der Waals surface area contributed by atoms with Gasteiger partial charge in [0.1, 0.15) is 5.75 Å². The van der Waals surface area contributed by atoms with E-state index in [0.717, 1.165) is 17.0 Å². The highest BCUT2D eigenvalue weighted by Crippen LogP contribution is 2.29. The van der Waals surface area contributed by atoms with Crippen molar-refractivity contribution in [3.8, 4) is 5.75 Å². The number of hydrogen-bond donors (Lipinski definition) is 1. The summed E-state index contributed by atoms with van der Waals surface area (Å²) in [6.07, 6.45) is 1.52. The van der Waals surface area contributed by atoms with Crippen molar-refractivity contribution in [1.29, 1.82) is 0 Å². The summed E-state index contributed by atoms with van der Waals surface area (Å²) in [5.41, 5.74) is 0.978. The number of aromatic nitrogens is 1. The smallest absolute Gasteiger partial charge is 0.229 e. The minimum atomic E-state index is -0.146. The van der Waals surface area contributed by atoms with E-state index in [0.29, 0.717) is 41.3 Å². The first-order chi connectivity index (χ1) is 13.4. The van der Waals surface area contributed by atoms with Crippen LogP contribution >= 0.6 is 22.9 Å². The molecule has 3 rings (SSSR count). The fourth-order valence-electron chi connectivity index (χ4n) is 2.91. The molecule has 0 fully saturated rings. The number of halogens is 1. The summed E-state index contributed by atoms with van der Waals surface area (Å²) in [5, 5.41) is 4.06. The molecule has 1 aliphatic rings. The van der Waals surface area contributed by atoms with Gasteiger partial charge >= 0.3 is 0 Å². The molecule has 1 N–H and O–H groups in total. The normalized spacial score (nSPS) is 13.4. The van der Waals surface area contributed by atoms with Gasteiger partial charge in [0, 0.05) is 29.3 Å². The van der Waals surface area contributed by atoms with Crippen LogP contribution in [0.2, 0.25) is 5.02 Å². The average Bonchev–Trinajstić information content (AvgIpc) is 3.04. The number of carbonyl (C=O) groups is 2. The van der Waals surface area contributed by atoms with E-state index in [2.05, 4.69) is 10.3 Å². The number of ether oxygens (including phenoxy) is 1. The zero-order valence-electron chi connectivity index (χ0n) is 16.0. The Morgan fingerprint density at radius 1 is 1.32 bits per heavy atom. The Labute approximate surface area is 173 Å². The van der Waals surface area contributed by atoms with E-state index < -0.39 is 0 Å². The quantitative estimate of drug-likeness (QED) is 0.729.